The predicted molar refractivity (Wildman–Crippen MR) is 58.2 cm³/mol. The molecule has 0 atom stereocenters. The predicted octanol–water partition coefficient (Wildman–Crippen LogP) is 3.64. The second kappa shape index (κ2) is 3.88. The molecule has 1 nitrogen and oxygen atoms in total. The molecule has 0 aliphatic heterocycles. The van der Waals surface area contributed by atoms with Crippen LogP contribution in [0.3, 0.4) is 0 Å². The Kier molecular flexibility index (Phi) is 2.60. The number of aryl methyl sites for hydroxylation is 1. The molecule has 0 radical (unpaired) electrons. The average Bonchev–Trinajstić information content (AvgIpc) is 2.61. The normalized spacial score (nSPS) is 10.8. The summed E-state index contributed by atoms with van der Waals surface area (Å²) in [5.41, 5.74) is 1.23. The first-order valence-corrected chi connectivity index (χ1v) is 5.61. The Morgan fingerprint density at radius 2 is 2.23 bits per heavy atom. The molecule has 2 rings (SSSR count). The third-order valence-corrected chi connectivity index (χ3v) is 2.98. The minimum Gasteiger partial charge on any atom is -0.242 e. The van der Waals surface area contributed by atoms with Gasteiger partial charge in [0.15, 0.2) is 0 Å². The van der Waals surface area contributed by atoms with Crippen LogP contribution in [0, 0.1) is 0 Å². The summed E-state index contributed by atoms with van der Waals surface area (Å²) in [6.45, 7) is 2.21. The first kappa shape index (κ1) is 8.70. The molecule has 0 aliphatic rings. The van der Waals surface area contributed by atoms with Crippen LogP contribution in [0.1, 0.15) is 25.5 Å². The third kappa shape index (κ3) is 1.89. The topological polar surface area (TPSA) is 12.9 Å². The molecule has 0 unspecified atom stereocenters. The standard InChI is InChI=1S/C11H13NS/c1-2-3-4-10-6-5-9-7-8-13-11(9)12-10/h5-8H,2-4H2,1H3. The molecule has 0 saturated heterocycles. The van der Waals surface area contributed by atoms with E-state index in [4.69, 9.17) is 0 Å². The molecule has 68 valence electrons. The van der Waals surface area contributed by atoms with Crippen molar-refractivity contribution in [3.8, 4) is 0 Å². The van der Waals surface area contributed by atoms with Crippen LogP contribution >= 0.6 is 11.3 Å². The maximum absolute atomic E-state index is 4.59. The van der Waals surface area contributed by atoms with Gasteiger partial charge in [0, 0.05) is 11.1 Å². The molecule has 0 bridgehead atoms. The molecule has 13 heavy (non-hydrogen) atoms. The van der Waals surface area contributed by atoms with Crippen molar-refractivity contribution in [2.75, 3.05) is 0 Å². The van der Waals surface area contributed by atoms with E-state index in [-0.39, 0.29) is 0 Å². The Labute approximate surface area is 82.4 Å². The van der Waals surface area contributed by atoms with E-state index in [1.807, 2.05) is 0 Å². The minimum absolute atomic E-state index is 1.12. The number of fused-ring (bicyclic) bond motifs is 1. The monoisotopic (exact) mass is 191 g/mol. The lowest BCUT2D eigenvalue weighted by molar-refractivity contribution is 0.780. The summed E-state index contributed by atoms with van der Waals surface area (Å²) in [6.07, 6.45) is 3.60. The summed E-state index contributed by atoms with van der Waals surface area (Å²) in [7, 11) is 0. The number of nitrogens with zero attached hydrogens (tertiary/aromatic N) is 1. The fraction of sp³-hybridized carbons (Fsp3) is 0.364. The van der Waals surface area contributed by atoms with Gasteiger partial charge in [0.2, 0.25) is 0 Å². The molecule has 2 heteroatoms. The van der Waals surface area contributed by atoms with E-state index in [2.05, 4.69) is 35.5 Å². The van der Waals surface area contributed by atoms with Crippen LogP contribution in [-0.4, -0.2) is 4.98 Å². The summed E-state index contributed by atoms with van der Waals surface area (Å²) in [4.78, 5) is 5.77. The molecule has 0 amide bonds. The van der Waals surface area contributed by atoms with Crippen LogP contribution in [0.2, 0.25) is 0 Å². The zero-order chi connectivity index (χ0) is 9.10. The fourth-order valence-electron chi connectivity index (χ4n) is 1.38. The first-order valence-electron chi connectivity index (χ1n) is 4.73. The van der Waals surface area contributed by atoms with E-state index in [1.54, 1.807) is 11.3 Å². The lowest BCUT2D eigenvalue weighted by Crippen LogP contribution is -1.88. The van der Waals surface area contributed by atoms with Crippen molar-refractivity contribution in [1.82, 2.24) is 4.98 Å². The fourth-order valence-corrected chi connectivity index (χ4v) is 2.17. The van der Waals surface area contributed by atoms with Crippen molar-refractivity contribution >= 4 is 21.6 Å². The second-order valence-corrected chi connectivity index (χ2v) is 4.12. The van der Waals surface area contributed by atoms with E-state index < -0.39 is 0 Å². The van der Waals surface area contributed by atoms with E-state index in [9.17, 15) is 0 Å². The first-order chi connectivity index (χ1) is 6.40. The summed E-state index contributed by atoms with van der Waals surface area (Å²) < 4.78 is 0. The molecule has 0 N–H and O–H groups in total. The highest BCUT2D eigenvalue weighted by atomic mass is 32.1. The van der Waals surface area contributed by atoms with Gasteiger partial charge in [-0.2, -0.15) is 0 Å². The number of unbranched alkanes of at least 4 members (excludes halogenated alkanes) is 1. The number of thiophene rings is 1. The van der Waals surface area contributed by atoms with Gasteiger partial charge >= 0.3 is 0 Å². The van der Waals surface area contributed by atoms with E-state index >= 15 is 0 Å². The Balaban J connectivity index is 2.26. The van der Waals surface area contributed by atoms with E-state index in [0.29, 0.717) is 0 Å². The van der Waals surface area contributed by atoms with Crippen molar-refractivity contribution in [3.63, 3.8) is 0 Å². The van der Waals surface area contributed by atoms with Crippen molar-refractivity contribution < 1.29 is 0 Å². The summed E-state index contributed by atoms with van der Waals surface area (Å²) in [5, 5.41) is 3.37. The Bertz CT molecular complexity index is 392. The molecular formula is C11H13NS. The quantitative estimate of drug-likeness (QED) is 0.721. The van der Waals surface area contributed by atoms with Crippen LogP contribution < -0.4 is 0 Å². The van der Waals surface area contributed by atoms with Crippen LogP contribution in [0.25, 0.3) is 10.2 Å². The van der Waals surface area contributed by atoms with Gasteiger partial charge in [-0.1, -0.05) is 19.4 Å². The molecule has 2 aromatic heterocycles. The second-order valence-electron chi connectivity index (χ2n) is 3.22. The maximum Gasteiger partial charge on any atom is 0.123 e. The van der Waals surface area contributed by atoms with Crippen LogP contribution in [0.5, 0.6) is 0 Å². The molecular weight excluding hydrogens is 178 g/mol. The summed E-state index contributed by atoms with van der Waals surface area (Å²) in [6, 6.07) is 6.44. The molecule has 2 aromatic rings. The number of pyridine rings is 1. The van der Waals surface area contributed by atoms with Gasteiger partial charge in [-0.3, -0.25) is 0 Å². The van der Waals surface area contributed by atoms with Crippen LogP contribution in [0.15, 0.2) is 23.6 Å². The van der Waals surface area contributed by atoms with Crippen LogP contribution in [-0.2, 0) is 6.42 Å². The highest BCUT2D eigenvalue weighted by Gasteiger charge is 1.98. The number of hydrogen-bond donors (Lipinski definition) is 0. The largest absolute Gasteiger partial charge is 0.242 e. The maximum atomic E-state index is 4.59. The number of hydrogen-bond acceptors (Lipinski definition) is 2. The third-order valence-electron chi connectivity index (χ3n) is 2.16. The van der Waals surface area contributed by atoms with E-state index in [0.717, 1.165) is 6.42 Å². The lowest BCUT2D eigenvalue weighted by atomic mass is 10.2. The van der Waals surface area contributed by atoms with Crippen LogP contribution in [0.4, 0.5) is 0 Å². The molecule has 0 fully saturated rings. The Morgan fingerprint density at radius 3 is 3.08 bits per heavy atom. The zero-order valence-corrected chi connectivity index (χ0v) is 8.60. The average molecular weight is 191 g/mol. The zero-order valence-electron chi connectivity index (χ0n) is 7.79. The summed E-state index contributed by atoms with van der Waals surface area (Å²) in [5.74, 6) is 0. The van der Waals surface area contributed by atoms with Crippen molar-refractivity contribution in [2.45, 2.75) is 26.2 Å². The van der Waals surface area contributed by atoms with Crippen molar-refractivity contribution in [3.05, 3.63) is 29.3 Å². The molecule has 0 spiro atoms. The van der Waals surface area contributed by atoms with Gasteiger partial charge in [0.25, 0.3) is 0 Å². The van der Waals surface area contributed by atoms with Gasteiger partial charge in [0.1, 0.15) is 4.83 Å². The molecule has 0 aromatic carbocycles. The number of aromatic nitrogens is 1. The lowest BCUT2D eigenvalue weighted by Gasteiger charge is -1.98. The van der Waals surface area contributed by atoms with Crippen molar-refractivity contribution in [2.24, 2.45) is 0 Å². The van der Waals surface area contributed by atoms with Gasteiger partial charge in [-0.25, -0.2) is 4.98 Å². The molecule has 0 saturated carbocycles. The smallest absolute Gasteiger partial charge is 0.123 e. The van der Waals surface area contributed by atoms with E-state index in [1.165, 1.54) is 28.8 Å². The SMILES string of the molecule is CCCCc1ccc2ccsc2n1. The van der Waals surface area contributed by atoms with Gasteiger partial charge in [-0.15, -0.1) is 11.3 Å². The Morgan fingerprint density at radius 1 is 1.31 bits per heavy atom. The van der Waals surface area contributed by atoms with Gasteiger partial charge in [-0.05, 0) is 30.4 Å². The highest BCUT2D eigenvalue weighted by molar-refractivity contribution is 7.16. The number of rotatable bonds is 3. The minimum atomic E-state index is 1.12. The van der Waals surface area contributed by atoms with Gasteiger partial charge < -0.3 is 0 Å². The molecule has 2 heterocycles. The van der Waals surface area contributed by atoms with Gasteiger partial charge in [0.05, 0.1) is 0 Å². The highest BCUT2D eigenvalue weighted by Crippen LogP contribution is 2.19. The molecule has 0 aliphatic carbocycles. The Hall–Kier alpha value is -0.890. The summed E-state index contributed by atoms with van der Waals surface area (Å²) >= 11 is 1.72. The van der Waals surface area contributed by atoms with Crippen molar-refractivity contribution in [1.29, 1.82) is 0 Å².